The minimum atomic E-state index is -0.266. The fraction of sp³-hybridized carbons (Fsp3) is 0.600. The number of aliphatic hydroxyl groups is 1. The molecule has 0 saturated carbocycles. The lowest BCUT2D eigenvalue weighted by Gasteiger charge is -2.29. The van der Waals surface area contributed by atoms with Crippen molar-refractivity contribution in [2.45, 2.75) is 53.6 Å². The summed E-state index contributed by atoms with van der Waals surface area (Å²) in [4.78, 5) is 0. The van der Waals surface area contributed by atoms with Crippen LogP contribution in [0, 0.1) is 19.3 Å². The molecule has 1 aromatic rings. The van der Waals surface area contributed by atoms with Crippen molar-refractivity contribution in [2.24, 2.45) is 5.41 Å². The Hall–Kier alpha value is -0.820. The third-order valence-corrected chi connectivity index (χ3v) is 3.73. The van der Waals surface area contributed by atoms with Crippen LogP contribution >= 0.6 is 0 Å². The highest BCUT2D eigenvalue weighted by molar-refractivity contribution is 5.31. The van der Waals surface area contributed by atoms with Gasteiger partial charge in [-0.2, -0.15) is 0 Å². The van der Waals surface area contributed by atoms with Gasteiger partial charge in [0.15, 0.2) is 0 Å². The van der Waals surface area contributed by atoms with Crippen molar-refractivity contribution in [3.8, 4) is 0 Å². The van der Waals surface area contributed by atoms with Crippen molar-refractivity contribution >= 4 is 0 Å². The van der Waals surface area contributed by atoms with E-state index < -0.39 is 0 Å². The minimum Gasteiger partial charge on any atom is -0.392 e. The van der Waals surface area contributed by atoms with Gasteiger partial charge in [0.2, 0.25) is 0 Å². The highest BCUT2D eigenvalue weighted by Crippen LogP contribution is 2.28. The van der Waals surface area contributed by atoms with Gasteiger partial charge < -0.3 is 5.11 Å². The fourth-order valence-corrected chi connectivity index (χ4v) is 1.74. The molecule has 0 fully saturated rings. The zero-order valence-electron chi connectivity index (χ0n) is 11.2. The average Bonchev–Trinajstić information content (AvgIpc) is 2.23. The van der Waals surface area contributed by atoms with Gasteiger partial charge in [0.1, 0.15) is 0 Å². The molecular formula is C15H24O. The molecule has 1 aromatic carbocycles. The van der Waals surface area contributed by atoms with Crippen LogP contribution in [0.5, 0.6) is 0 Å². The lowest BCUT2D eigenvalue weighted by Crippen LogP contribution is -2.30. The maximum absolute atomic E-state index is 10.2. The van der Waals surface area contributed by atoms with Crippen molar-refractivity contribution in [2.75, 3.05) is 0 Å². The molecule has 0 aliphatic rings. The van der Waals surface area contributed by atoms with E-state index in [0.29, 0.717) is 0 Å². The molecule has 90 valence electrons. The summed E-state index contributed by atoms with van der Waals surface area (Å²) in [5.74, 6) is 0. The zero-order chi connectivity index (χ0) is 12.3. The second kappa shape index (κ2) is 5.01. The average molecular weight is 220 g/mol. The maximum atomic E-state index is 10.2. The van der Waals surface area contributed by atoms with Gasteiger partial charge >= 0.3 is 0 Å². The number of aliphatic hydroxyl groups excluding tert-OH is 1. The van der Waals surface area contributed by atoms with Gasteiger partial charge in [-0.3, -0.25) is 0 Å². The van der Waals surface area contributed by atoms with E-state index in [1.54, 1.807) is 0 Å². The van der Waals surface area contributed by atoms with Crippen molar-refractivity contribution < 1.29 is 5.11 Å². The Bertz CT molecular complexity index is 352. The van der Waals surface area contributed by atoms with Gasteiger partial charge in [-0.1, -0.05) is 44.5 Å². The molecule has 0 radical (unpaired) electrons. The molecule has 16 heavy (non-hydrogen) atoms. The number of hydrogen-bond donors (Lipinski definition) is 1. The van der Waals surface area contributed by atoms with E-state index in [4.69, 9.17) is 0 Å². The predicted octanol–water partition coefficient (Wildman–Crippen LogP) is 3.64. The van der Waals surface area contributed by atoms with Crippen LogP contribution in [0.25, 0.3) is 0 Å². The molecular weight excluding hydrogens is 196 g/mol. The standard InChI is InChI=1S/C15H24O/c1-6-15(4,5)14(16)10-13-9-11(2)7-8-12(13)3/h7-9,14,16H,6,10H2,1-5H3. The molecule has 1 unspecified atom stereocenters. The van der Waals surface area contributed by atoms with Crippen LogP contribution < -0.4 is 0 Å². The Balaban J connectivity index is 2.84. The molecule has 0 aliphatic carbocycles. The van der Waals surface area contributed by atoms with Crippen molar-refractivity contribution in [3.05, 3.63) is 34.9 Å². The third kappa shape index (κ3) is 3.08. The Labute approximate surface area is 99.5 Å². The Morgan fingerprint density at radius 2 is 1.88 bits per heavy atom. The van der Waals surface area contributed by atoms with E-state index >= 15 is 0 Å². The summed E-state index contributed by atoms with van der Waals surface area (Å²) in [6.45, 7) is 10.6. The number of hydrogen-bond acceptors (Lipinski definition) is 1. The van der Waals surface area contributed by atoms with Crippen molar-refractivity contribution in [1.82, 2.24) is 0 Å². The SMILES string of the molecule is CCC(C)(C)C(O)Cc1cc(C)ccc1C. The van der Waals surface area contributed by atoms with Crippen molar-refractivity contribution in [3.63, 3.8) is 0 Å². The largest absolute Gasteiger partial charge is 0.392 e. The molecule has 0 spiro atoms. The topological polar surface area (TPSA) is 20.2 Å². The van der Waals surface area contributed by atoms with E-state index in [1.807, 2.05) is 0 Å². The Morgan fingerprint density at radius 1 is 1.25 bits per heavy atom. The van der Waals surface area contributed by atoms with Crippen LogP contribution in [-0.4, -0.2) is 11.2 Å². The fourth-order valence-electron chi connectivity index (χ4n) is 1.74. The smallest absolute Gasteiger partial charge is 0.0631 e. The van der Waals surface area contributed by atoms with Crippen LogP contribution in [0.1, 0.15) is 43.9 Å². The third-order valence-electron chi connectivity index (χ3n) is 3.73. The van der Waals surface area contributed by atoms with Crippen molar-refractivity contribution in [1.29, 1.82) is 0 Å². The summed E-state index contributed by atoms with van der Waals surface area (Å²) >= 11 is 0. The van der Waals surface area contributed by atoms with E-state index in [1.165, 1.54) is 16.7 Å². The van der Waals surface area contributed by atoms with Gasteiger partial charge in [-0.15, -0.1) is 0 Å². The van der Waals surface area contributed by atoms with Crippen LogP contribution in [-0.2, 0) is 6.42 Å². The first-order valence-electron chi connectivity index (χ1n) is 6.11. The molecule has 0 bridgehead atoms. The summed E-state index contributed by atoms with van der Waals surface area (Å²) in [6, 6.07) is 6.44. The summed E-state index contributed by atoms with van der Waals surface area (Å²) in [7, 11) is 0. The number of benzene rings is 1. The van der Waals surface area contributed by atoms with Crippen LogP contribution in [0.15, 0.2) is 18.2 Å². The number of aryl methyl sites for hydroxylation is 2. The summed E-state index contributed by atoms with van der Waals surface area (Å²) in [5, 5.41) is 10.2. The van der Waals surface area contributed by atoms with Crippen LogP contribution in [0.2, 0.25) is 0 Å². The monoisotopic (exact) mass is 220 g/mol. The first-order valence-corrected chi connectivity index (χ1v) is 6.11. The first-order chi connectivity index (χ1) is 7.36. The molecule has 0 aliphatic heterocycles. The van der Waals surface area contributed by atoms with E-state index in [9.17, 15) is 5.11 Å². The summed E-state index contributed by atoms with van der Waals surface area (Å²) in [6.07, 6.45) is 1.49. The molecule has 1 heteroatoms. The first kappa shape index (κ1) is 13.2. The second-order valence-corrected chi connectivity index (χ2v) is 5.49. The Kier molecular flexibility index (Phi) is 4.15. The van der Waals surface area contributed by atoms with Gasteiger partial charge in [0.05, 0.1) is 6.10 Å². The summed E-state index contributed by atoms with van der Waals surface area (Å²) < 4.78 is 0. The van der Waals surface area contributed by atoms with Gasteiger partial charge in [0.25, 0.3) is 0 Å². The number of rotatable bonds is 4. The molecule has 0 saturated heterocycles. The minimum absolute atomic E-state index is 0.00378. The van der Waals surface area contributed by atoms with E-state index in [2.05, 4.69) is 52.8 Å². The molecule has 1 N–H and O–H groups in total. The van der Waals surface area contributed by atoms with Crippen LogP contribution in [0.3, 0.4) is 0 Å². The van der Waals surface area contributed by atoms with E-state index in [0.717, 1.165) is 12.8 Å². The molecule has 1 rings (SSSR count). The predicted molar refractivity (Wildman–Crippen MR) is 69.7 cm³/mol. The molecule has 1 atom stereocenters. The van der Waals surface area contributed by atoms with E-state index in [-0.39, 0.29) is 11.5 Å². The lowest BCUT2D eigenvalue weighted by atomic mass is 9.80. The quantitative estimate of drug-likeness (QED) is 0.821. The highest BCUT2D eigenvalue weighted by atomic mass is 16.3. The van der Waals surface area contributed by atoms with Gasteiger partial charge in [-0.25, -0.2) is 0 Å². The maximum Gasteiger partial charge on any atom is 0.0631 e. The van der Waals surface area contributed by atoms with Gasteiger partial charge in [0, 0.05) is 0 Å². The normalized spacial score (nSPS) is 13.9. The van der Waals surface area contributed by atoms with Crippen LogP contribution in [0.4, 0.5) is 0 Å². The molecule has 0 heterocycles. The zero-order valence-corrected chi connectivity index (χ0v) is 11.2. The molecule has 1 nitrogen and oxygen atoms in total. The lowest BCUT2D eigenvalue weighted by molar-refractivity contribution is 0.0478. The van der Waals surface area contributed by atoms with Gasteiger partial charge in [-0.05, 0) is 43.2 Å². The molecule has 0 amide bonds. The summed E-state index contributed by atoms with van der Waals surface area (Å²) in [5.41, 5.74) is 3.81. The molecule has 0 aromatic heterocycles. The second-order valence-electron chi connectivity index (χ2n) is 5.49. The Morgan fingerprint density at radius 3 is 2.44 bits per heavy atom. The highest BCUT2D eigenvalue weighted by Gasteiger charge is 2.26.